The normalized spacial score (nSPS) is 11.4. The minimum absolute atomic E-state index is 0.0366. The fraction of sp³-hybridized carbons (Fsp3) is 0.0476. The first-order chi connectivity index (χ1) is 13.5. The van der Waals surface area contributed by atoms with E-state index in [1.54, 1.807) is 18.3 Å². The lowest BCUT2D eigenvalue weighted by Gasteiger charge is -2.06. The maximum absolute atomic E-state index is 10.2. The summed E-state index contributed by atoms with van der Waals surface area (Å²) in [6.45, 7) is 0. The predicted molar refractivity (Wildman–Crippen MR) is 117 cm³/mol. The molecule has 4 rings (SSSR count). The lowest BCUT2D eigenvalue weighted by Crippen LogP contribution is -1.89. The maximum atomic E-state index is 10.2. The summed E-state index contributed by atoms with van der Waals surface area (Å²) in [6.07, 6.45) is 1.58. The van der Waals surface area contributed by atoms with Crippen molar-refractivity contribution in [2.75, 3.05) is 7.11 Å². The zero-order chi connectivity index (χ0) is 19.7. The van der Waals surface area contributed by atoms with E-state index < -0.39 is 0 Å². The molecule has 0 spiro atoms. The molecule has 0 aliphatic rings. The summed E-state index contributed by atoms with van der Waals surface area (Å²) in [6, 6.07) is 16.7. The van der Waals surface area contributed by atoms with Crippen molar-refractivity contribution >= 4 is 54.9 Å². The van der Waals surface area contributed by atoms with Gasteiger partial charge in [-0.05, 0) is 54.6 Å². The quantitative estimate of drug-likeness (QED) is 0.325. The molecule has 0 atom stereocenters. The molecule has 140 valence electrons. The zero-order valence-electron chi connectivity index (χ0n) is 14.7. The second-order valence-electron chi connectivity index (χ2n) is 5.98. The molecule has 28 heavy (non-hydrogen) atoms. The van der Waals surface area contributed by atoms with Crippen molar-refractivity contribution < 1.29 is 14.3 Å². The first-order valence-corrected chi connectivity index (χ1v) is 9.89. The number of rotatable bonds is 4. The summed E-state index contributed by atoms with van der Waals surface area (Å²) >= 11 is 6.82. The Kier molecular flexibility index (Phi) is 5.19. The number of ether oxygens (including phenoxy) is 1. The lowest BCUT2D eigenvalue weighted by atomic mass is 10.2. The van der Waals surface area contributed by atoms with Crippen molar-refractivity contribution in [1.29, 1.82) is 0 Å². The Bertz CT molecular complexity index is 1180. The molecule has 0 aliphatic heterocycles. The van der Waals surface area contributed by atoms with Crippen LogP contribution in [0.4, 0.5) is 5.69 Å². The number of hydrogen-bond donors (Lipinski definition) is 1. The number of phenols is 1. The zero-order valence-corrected chi connectivity index (χ0v) is 17.9. The molecule has 0 saturated heterocycles. The molecule has 4 aromatic rings. The minimum Gasteiger partial charge on any atom is -0.504 e. The fourth-order valence-corrected chi connectivity index (χ4v) is 3.42. The highest BCUT2D eigenvalue weighted by Crippen LogP contribution is 2.33. The summed E-state index contributed by atoms with van der Waals surface area (Å²) < 4.78 is 12.8. The lowest BCUT2D eigenvalue weighted by molar-refractivity contribution is 0.373. The number of methoxy groups -OCH3 is 1. The van der Waals surface area contributed by atoms with Crippen molar-refractivity contribution in [2.24, 2.45) is 4.99 Å². The van der Waals surface area contributed by atoms with Gasteiger partial charge in [0, 0.05) is 26.3 Å². The van der Waals surface area contributed by atoms with Crippen LogP contribution in [0.2, 0.25) is 0 Å². The maximum Gasteiger partial charge on any atom is 0.227 e. The summed E-state index contributed by atoms with van der Waals surface area (Å²) in [4.78, 5) is 9.00. The first kappa shape index (κ1) is 18.7. The second-order valence-corrected chi connectivity index (χ2v) is 7.81. The SMILES string of the molecule is COc1cc(Br)cc(C=Nc2ccc3oc(-c4ccc(Br)cc4)nc3c2)c1O. The molecule has 1 heterocycles. The summed E-state index contributed by atoms with van der Waals surface area (Å²) in [7, 11) is 1.50. The third-order valence-corrected chi connectivity index (χ3v) is 5.09. The molecule has 5 nitrogen and oxygen atoms in total. The Balaban J connectivity index is 1.66. The second kappa shape index (κ2) is 7.77. The molecule has 3 aromatic carbocycles. The summed E-state index contributed by atoms with van der Waals surface area (Å²) in [5, 5.41) is 10.2. The molecule has 7 heteroatoms. The van der Waals surface area contributed by atoms with Gasteiger partial charge in [0.05, 0.1) is 12.8 Å². The highest BCUT2D eigenvalue weighted by atomic mass is 79.9. The summed E-state index contributed by atoms with van der Waals surface area (Å²) in [5.41, 5.74) is 3.53. The molecule has 0 unspecified atom stereocenters. The number of aromatic hydroxyl groups is 1. The van der Waals surface area contributed by atoms with Gasteiger partial charge in [-0.3, -0.25) is 4.99 Å². The standard InChI is InChI=1S/C21H14Br2N2O3/c1-27-19-9-15(23)8-13(20(19)26)11-24-16-6-7-18-17(10-16)25-21(28-18)12-2-4-14(22)5-3-12/h2-11,26H,1H3. The molecule has 1 aromatic heterocycles. The van der Waals surface area contributed by atoms with Crippen molar-refractivity contribution in [1.82, 2.24) is 4.98 Å². The van der Waals surface area contributed by atoms with Gasteiger partial charge in [-0.1, -0.05) is 31.9 Å². The van der Waals surface area contributed by atoms with Gasteiger partial charge in [-0.25, -0.2) is 4.98 Å². The molecule has 0 radical (unpaired) electrons. The molecule has 0 fully saturated rings. The average Bonchev–Trinajstić information content (AvgIpc) is 3.12. The Morgan fingerprint density at radius 3 is 2.57 bits per heavy atom. The number of halogens is 2. The van der Waals surface area contributed by atoms with E-state index in [-0.39, 0.29) is 5.75 Å². The van der Waals surface area contributed by atoms with Crippen molar-refractivity contribution in [2.45, 2.75) is 0 Å². The minimum atomic E-state index is 0.0366. The van der Waals surface area contributed by atoms with Gasteiger partial charge in [0.25, 0.3) is 0 Å². The van der Waals surface area contributed by atoms with Crippen LogP contribution in [0, 0.1) is 0 Å². The van der Waals surface area contributed by atoms with E-state index in [1.165, 1.54) is 7.11 Å². The van der Waals surface area contributed by atoms with E-state index in [0.29, 0.717) is 34.0 Å². The number of aliphatic imine (C=N–C) groups is 1. The Labute approximate surface area is 178 Å². The summed E-state index contributed by atoms with van der Waals surface area (Å²) in [5.74, 6) is 0.967. The van der Waals surface area contributed by atoms with Crippen molar-refractivity contribution in [3.8, 4) is 23.0 Å². The molecule has 0 amide bonds. The van der Waals surface area contributed by atoms with E-state index in [4.69, 9.17) is 9.15 Å². The third kappa shape index (κ3) is 3.81. The highest BCUT2D eigenvalue weighted by molar-refractivity contribution is 9.10. The fourth-order valence-electron chi connectivity index (χ4n) is 2.70. The Hall–Kier alpha value is -2.64. The van der Waals surface area contributed by atoms with Crippen LogP contribution < -0.4 is 4.74 Å². The molecule has 0 aliphatic carbocycles. The number of fused-ring (bicyclic) bond motifs is 1. The Morgan fingerprint density at radius 2 is 1.82 bits per heavy atom. The van der Waals surface area contributed by atoms with Gasteiger partial charge < -0.3 is 14.3 Å². The van der Waals surface area contributed by atoms with Crippen molar-refractivity contribution in [3.05, 3.63) is 69.1 Å². The van der Waals surface area contributed by atoms with Crippen LogP contribution >= 0.6 is 31.9 Å². The smallest absolute Gasteiger partial charge is 0.227 e. The molecular formula is C21H14Br2N2O3. The molecule has 1 N–H and O–H groups in total. The Morgan fingerprint density at radius 1 is 1.04 bits per heavy atom. The average molecular weight is 502 g/mol. The van der Waals surface area contributed by atoms with Crippen LogP contribution in [0.5, 0.6) is 11.5 Å². The van der Waals surface area contributed by atoms with Crippen LogP contribution in [-0.2, 0) is 0 Å². The molecular weight excluding hydrogens is 488 g/mol. The van der Waals surface area contributed by atoms with Gasteiger partial charge in [0.2, 0.25) is 5.89 Å². The van der Waals surface area contributed by atoms with Gasteiger partial charge in [0.15, 0.2) is 17.1 Å². The van der Waals surface area contributed by atoms with E-state index in [0.717, 1.165) is 14.5 Å². The largest absolute Gasteiger partial charge is 0.504 e. The van der Waals surface area contributed by atoms with Gasteiger partial charge in [-0.15, -0.1) is 0 Å². The first-order valence-electron chi connectivity index (χ1n) is 8.30. The number of aromatic nitrogens is 1. The highest BCUT2D eigenvalue weighted by Gasteiger charge is 2.10. The van der Waals surface area contributed by atoms with E-state index in [9.17, 15) is 5.11 Å². The number of oxazole rings is 1. The topological polar surface area (TPSA) is 67.9 Å². The van der Waals surface area contributed by atoms with Crippen LogP contribution in [-0.4, -0.2) is 23.4 Å². The monoisotopic (exact) mass is 500 g/mol. The van der Waals surface area contributed by atoms with Crippen molar-refractivity contribution in [3.63, 3.8) is 0 Å². The van der Waals surface area contributed by atoms with Gasteiger partial charge in [-0.2, -0.15) is 0 Å². The third-order valence-electron chi connectivity index (χ3n) is 4.10. The number of phenolic OH excluding ortho intramolecular Hbond substituents is 1. The number of nitrogens with zero attached hydrogens (tertiary/aromatic N) is 2. The van der Waals surface area contributed by atoms with Crippen LogP contribution in [0.15, 0.2) is 73.0 Å². The van der Waals surface area contributed by atoms with E-state index >= 15 is 0 Å². The molecule has 0 saturated carbocycles. The molecule has 0 bridgehead atoms. The number of benzene rings is 3. The van der Waals surface area contributed by atoms with Crippen LogP contribution in [0.1, 0.15) is 5.56 Å². The number of hydrogen-bond acceptors (Lipinski definition) is 5. The van der Waals surface area contributed by atoms with E-state index in [1.807, 2.05) is 42.5 Å². The predicted octanol–water partition coefficient (Wildman–Crippen LogP) is 6.48. The van der Waals surface area contributed by atoms with E-state index in [2.05, 4.69) is 41.8 Å². The van der Waals surface area contributed by atoms with Crippen LogP contribution in [0.3, 0.4) is 0 Å². The van der Waals surface area contributed by atoms with Gasteiger partial charge >= 0.3 is 0 Å². The van der Waals surface area contributed by atoms with Gasteiger partial charge in [0.1, 0.15) is 5.52 Å². The van der Waals surface area contributed by atoms with Crippen LogP contribution in [0.25, 0.3) is 22.6 Å².